The predicted molar refractivity (Wildman–Crippen MR) is 101 cm³/mol. The number of H-pyrrole nitrogens is 1. The molecule has 0 radical (unpaired) electrons. The molecule has 2 aromatic rings. The topological polar surface area (TPSA) is 110 Å². The van der Waals surface area contributed by atoms with E-state index in [9.17, 15) is 27.9 Å². The number of piperazine rings is 1. The van der Waals surface area contributed by atoms with Gasteiger partial charge < -0.3 is 20.7 Å². The Balaban J connectivity index is 1.46. The number of hydrogen-bond donors (Lipinski definition) is 4. The highest BCUT2D eigenvalue weighted by Gasteiger charge is 2.38. The van der Waals surface area contributed by atoms with E-state index >= 15 is 0 Å². The number of aromatic nitrogens is 2. The Morgan fingerprint density at radius 2 is 2.10 bits per heavy atom. The van der Waals surface area contributed by atoms with Crippen LogP contribution in [0.15, 0.2) is 18.2 Å². The van der Waals surface area contributed by atoms with Crippen LogP contribution in [0.3, 0.4) is 0 Å². The van der Waals surface area contributed by atoms with E-state index in [1.54, 1.807) is 0 Å². The molecule has 1 saturated heterocycles. The molecule has 3 atom stereocenters. The van der Waals surface area contributed by atoms with Crippen LogP contribution in [0.5, 0.6) is 0 Å². The highest BCUT2D eigenvalue weighted by molar-refractivity contribution is 5.97. The maximum absolute atomic E-state index is 12.8. The molecule has 4 rings (SSSR count). The van der Waals surface area contributed by atoms with Crippen LogP contribution < -0.4 is 10.6 Å². The minimum Gasteiger partial charge on any atom is -0.389 e. The number of carbonyl (C=O) groups excluding carboxylic acids is 2. The number of rotatable bonds is 3. The van der Waals surface area contributed by atoms with Crippen LogP contribution in [0.25, 0.3) is 11.0 Å². The Bertz CT molecular complexity index is 961. The summed E-state index contributed by atoms with van der Waals surface area (Å²) in [6.45, 7) is 1.36. The number of aromatic amines is 1. The molecule has 1 aliphatic heterocycles. The van der Waals surface area contributed by atoms with Crippen LogP contribution >= 0.6 is 0 Å². The molecule has 2 fully saturated rings. The van der Waals surface area contributed by atoms with Crippen LogP contribution in [0, 0.1) is 0 Å². The van der Waals surface area contributed by atoms with Crippen LogP contribution in [0.1, 0.15) is 35.4 Å². The van der Waals surface area contributed by atoms with Crippen molar-refractivity contribution in [1.29, 1.82) is 0 Å². The molecule has 0 spiro atoms. The summed E-state index contributed by atoms with van der Waals surface area (Å²) in [6.07, 6.45) is -3.37. The Hall–Kier alpha value is -2.66. The summed E-state index contributed by atoms with van der Waals surface area (Å²) in [5, 5.41) is 16.3. The van der Waals surface area contributed by atoms with E-state index in [2.05, 4.69) is 20.6 Å². The third kappa shape index (κ3) is 4.12. The normalized spacial score (nSPS) is 25.9. The van der Waals surface area contributed by atoms with E-state index in [1.165, 1.54) is 18.2 Å². The maximum Gasteiger partial charge on any atom is 0.449 e. The molecule has 2 amide bonds. The molecule has 2 heterocycles. The van der Waals surface area contributed by atoms with Crippen LogP contribution in [0.2, 0.25) is 0 Å². The van der Waals surface area contributed by atoms with Crippen molar-refractivity contribution in [3.63, 3.8) is 0 Å². The number of nitrogens with one attached hydrogen (secondary N) is 3. The smallest absolute Gasteiger partial charge is 0.389 e. The molecule has 1 saturated carbocycles. The minimum absolute atomic E-state index is 0.0919. The number of aliphatic hydroxyl groups is 1. The van der Waals surface area contributed by atoms with Crippen molar-refractivity contribution in [2.45, 2.75) is 43.6 Å². The van der Waals surface area contributed by atoms with E-state index in [1.807, 2.05) is 4.90 Å². The zero-order valence-corrected chi connectivity index (χ0v) is 16.0. The quantitative estimate of drug-likeness (QED) is 0.587. The first kappa shape index (κ1) is 20.6. The molecule has 1 aliphatic carbocycles. The zero-order chi connectivity index (χ0) is 21.5. The zero-order valence-electron chi connectivity index (χ0n) is 16.0. The second kappa shape index (κ2) is 7.88. The van der Waals surface area contributed by atoms with Crippen molar-refractivity contribution < 1.29 is 27.9 Å². The SMILES string of the molecule is O=C1CN([C@@H]2CCC[C@@H](NC(=O)c3ccc4nc(C(F)(F)F)[nH]c4c3)[C@H]2O)CCN1. The monoisotopic (exact) mass is 425 g/mol. The Morgan fingerprint density at radius 3 is 2.83 bits per heavy atom. The van der Waals surface area contributed by atoms with Gasteiger partial charge in [0.15, 0.2) is 0 Å². The Labute approximate surface area is 169 Å². The van der Waals surface area contributed by atoms with Gasteiger partial charge in [0.25, 0.3) is 5.91 Å². The average Bonchev–Trinajstić information content (AvgIpc) is 3.13. The van der Waals surface area contributed by atoms with Gasteiger partial charge in [0.1, 0.15) is 0 Å². The highest BCUT2D eigenvalue weighted by Crippen LogP contribution is 2.29. The molecular formula is C19H22F3N5O3. The summed E-state index contributed by atoms with van der Waals surface area (Å²) in [4.78, 5) is 31.9. The lowest BCUT2D eigenvalue weighted by atomic mass is 9.86. The summed E-state index contributed by atoms with van der Waals surface area (Å²) in [5.74, 6) is -1.70. The lowest BCUT2D eigenvalue weighted by Crippen LogP contribution is -2.60. The minimum atomic E-state index is -4.60. The number of hydrogen-bond acceptors (Lipinski definition) is 5. The fourth-order valence-corrected chi connectivity index (χ4v) is 4.19. The van der Waals surface area contributed by atoms with Gasteiger partial charge in [-0.25, -0.2) is 4.98 Å². The Kier molecular flexibility index (Phi) is 5.41. The van der Waals surface area contributed by atoms with Gasteiger partial charge in [0, 0.05) is 24.7 Å². The van der Waals surface area contributed by atoms with Crippen LogP contribution in [-0.4, -0.2) is 69.6 Å². The molecule has 4 N–H and O–H groups in total. The van der Waals surface area contributed by atoms with Crippen molar-refractivity contribution in [2.24, 2.45) is 0 Å². The maximum atomic E-state index is 12.8. The molecule has 1 aromatic carbocycles. The van der Waals surface area contributed by atoms with Gasteiger partial charge in [-0.3, -0.25) is 14.5 Å². The second-order valence-electron chi connectivity index (χ2n) is 7.70. The summed E-state index contributed by atoms with van der Waals surface area (Å²) >= 11 is 0. The number of halogens is 3. The number of benzene rings is 1. The van der Waals surface area contributed by atoms with E-state index in [0.29, 0.717) is 19.5 Å². The summed E-state index contributed by atoms with van der Waals surface area (Å²) < 4.78 is 38.5. The van der Waals surface area contributed by atoms with Crippen molar-refractivity contribution in [3.05, 3.63) is 29.6 Å². The molecule has 1 aromatic heterocycles. The van der Waals surface area contributed by atoms with E-state index in [-0.39, 0.29) is 35.1 Å². The molecule has 11 heteroatoms. The third-order valence-corrected chi connectivity index (χ3v) is 5.69. The first-order valence-electron chi connectivity index (χ1n) is 9.79. The first-order valence-corrected chi connectivity index (χ1v) is 9.79. The van der Waals surface area contributed by atoms with Gasteiger partial charge >= 0.3 is 6.18 Å². The number of imidazole rings is 1. The van der Waals surface area contributed by atoms with Crippen molar-refractivity contribution in [3.8, 4) is 0 Å². The van der Waals surface area contributed by atoms with Crippen molar-refractivity contribution in [2.75, 3.05) is 19.6 Å². The van der Waals surface area contributed by atoms with Gasteiger partial charge in [-0.15, -0.1) is 0 Å². The Morgan fingerprint density at radius 1 is 1.30 bits per heavy atom. The van der Waals surface area contributed by atoms with Gasteiger partial charge in [-0.2, -0.15) is 13.2 Å². The van der Waals surface area contributed by atoms with Crippen LogP contribution in [0.4, 0.5) is 13.2 Å². The lowest BCUT2D eigenvalue weighted by molar-refractivity contribution is -0.144. The lowest BCUT2D eigenvalue weighted by Gasteiger charge is -2.42. The molecule has 162 valence electrons. The van der Waals surface area contributed by atoms with E-state index in [4.69, 9.17) is 0 Å². The number of carbonyl (C=O) groups is 2. The van der Waals surface area contributed by atoms with Crippen molar-refractivity contribution >= 4 is 22.8 Å². The largest absolute Gasteiger partial charge is 0.449 e. The highest BCUT2D eigenvalue weighted by atomic mass is 19.4. The number of alkyl halides is 3. The fourth-order valence-electron chi connectivity index (χ4n) is 4.19. The van der Waals surface area contributed by atoms with Crippen molar-refractivity contribution in [1.82, 2.24) is 25.5 Å². The van der Waals surface area contributed by atoms with Gasteiger partial charge in [0.05, 0.1) is 29.7 Å². The number of fused-ring (bicyclic) bond motifs is 1. The van der Waals surface area contributed by atoms with Gasteiger partial charge in [-0.1, -0.05) is 0 Å². The molecule has 8 nitrogen and oxygen atoms in total. The van der Waals surface area contributed by atoms with Gasteiger partial charge in [0.2, 0.25) is 11.7 Å². The predicted octanol–water partition coefficient (Wildman–Crippen LogP) is 1.03. The standard InChI is InChI=1S/C19H22F3N5O3/c20-19(21,22)18-25-11-5-4-10(8-13(11)26-18)17(30)24-12-2-1-3-14(16(12)29)27-7-6-23-15(28)9-27/h4-5,8,12,14,16,29H,1-3,6-7,9H2,(H,23,28)(H,24,30)(H,25,26)/t12-,14-,16-/m1/s1. The van der Waals surface area contributed by atoms with Gasteiger partial charge in [-0.05, 0) is 37.5 Å². The summed E-state index contributed by atoms with van der Waals surface area (Å²) in [7, 11) is 0. The summed E-state index contributed by atoms with van der Waals surface area (Å²) in [6, 6.07) is 3.32. The molecule has 30 heavy (non-hydrogen) atoms. The number of nitrogens with zero attached hydrogens (tertiary/aromatic N) is 2. The van der Waals surface area contributed by atoms with E-state index in [0.717, 1.165) is 12.8 Å². The molecule has 0 bridgehead atoms. The molecule has 0 unspecified atom stereocenters. The first-order chi connectivity index (χ1) is 14.2. The molecular weight excluding hydrogens is 403 g/mol. The van der Waals surface area contributed by atoms with Crippen LogP contribution in [-0.2, 0) is 11.0 Å². The second-order valence-corrected chi connectivity index (χ2v) is 7.70. The summed E-state index contributed by atoms with van der Waals surface area (Å²) in [5.41, 5.74) is 0.392. The number of aliphatic hydroxyl groups excluding tert-OH is 1. The fraction of sp³-hybridized carbons (Fsp3) is 0.526. The average molecular weight is 425 g/mol. The molecule has 2 aliphatic rings. The number of amides is 2. The third-order valence-electron chi connectivity index (χ3n) is 5.69. The van der Waals surface area contributed by atoms with E-state index < -0.39 is 30.1 Å².